The van der Waals surface area contributed by atoms with Gasteiger partial charge in [0.2, 0.25) is 0 Å². The SMILES string of the molecule is CCOCc1ccccc1NCc1ccc(OC)cc1O. The maximum atomic E-state index is 9.97. The predicted molar refractivity (Wildman–Crippen MR) is 83.8 cm³/mol. The van der Waals surface area contributed by atoms with Crippen molar-refractivity contribution in [3.8, 4) is 11.5 Å². The van der Waals surface area contributed by atoms with Crippen molar-refractivity contribution in [3.05, 3.63) is 53.6 Å². The Morgan fingerprint density at radius 1 is 1.10 bits per heavy atom. The topological polar surface area (TPSA) is 50.7 Å². The summed E-state index contributed by atoms with van der Waals surface area (Å²) in [6, 6.07) is 13.3. The molecule has 0 aromatic heterocycles. The quantitative estimate of drug-likeness (QED) is 0.817. The Kier molecular flexibility index (Phi) is 5.46. The molecule has 4 nitrogen and oxygen atoms in total. The summed E-state index contributed by atoms with van der Waals surface area (Å²) in [5.41, 5.74) is 2.94. The maximum absolute atomic E-state index is 9.97. The molecular formula is C17H21NO3. The minimum absolute atomic E-state index is 0.226. The Bertz CT molecular complexity index is 584. The van der Waals surface area contributed by atoms with Crippen molar-refractivity contribution in [1.29, 1.82) is 0 Å². The molecule has 0 bridgehead atoms. The lowest BCUT2D eigenvalue weighted by Crippen LogP contribution is -2.04. The Morgan fingerprint density at radius 2 is 1.90 bits per heavy atom. The third-order valence-corrected chi connectivity index (χ3v) is 3.24. The highest BCUT2D eigenvalue weighted by molar-refractivity contribution is 5.52. The standard InChI is InChI=1S/C17H21NO3/c1-3-21-12-14-6-4-5-7-16(14)18-11-13-8-9-15(20-2)10-17(13)19/h4-10,18-19H,3,11-12H2,1-2H3. The van der Waals surface area contributed by atoms with Crippen molar-refractivity contribution < 1.29 is 14.6 Å². The molecule has 0 aliphatic carbocycles. The molecule has 0 unspecified atom stereocenters. The van der Waals surface area contributed by atoms with Crippen LogP contribution in [0.4, 0.5) is 5.69 Å². The zero-order valence-electron chi connectivity index (χ0n) is 12.4. The van der Waals surface area contributed by atoms with Crippen LogP contribution in [0.2, 0.25) is 0 Å². The highest BCUT2D eigenvalue weighted by Crippen LogP contribution is 2.25. The Morgan fingerprint density at radius 3 is 2.62 bits per heavy atom. The number of methoxy groups -OCH3 is 1. The third kappa shape index (κ3) is 4.13. The van der Waals surface area contributed by atoms with Crippen LogP contribution in [0.25, 0.3) is 0 Å². The molecule has 0 aliphatic rings. The molecule has 21 heavy (non-hydrogen) atoms. The molecule has 2 aromatic carbocycles. The van der Waals surface area contributed by atoms with E-state index >= 15 is 0 Å². The van der Waals surface area contributed by atoms with Crippen molar-refractivity contribution >= 4 is 5.69 Å². The second kappa shape index (κ2) is 7.55. The van der Waals surface area contributed by atoms with Gasteiger partial charge < -0.3 is 19.9 Å². The molecule has 112 valence electrons. The van der Waals surface area contributed by atoms with E-state index in [1.54, 1.807) is 13.2 Å². The van der Waals surface area contributed by atoms with Gasteiger partial charge in [0, 0.05) is 36.0 Å². The lowest BCUT2D eigenvalue weighted by atomic mass is 10.1. The minimum atomic E-state index is 0.226. The Labute approximate surface area is 125 Å². The average molecular weight is 287 g/mol. The van der Waals surface area contributed by atoms with E-state index in [2.05, 4.69) is 5.32 Å². The van der Waals surface area contributed by atoms with E-state index < -0.39 is 0 Å². The first-order valence-corrected chi connectivity index (χ1v) is 7.00. The van der Waals surface area contributed by atoms with Crippen molar-refractivity contribution in [2.75, 3.05) is 19.0 Å². The van der Waals surface area contributed by atoms with Crippen molar-refractivity contribution in [3.63, 3.8) is 0 Å². The van der Waals surface area contributed by atoms with Crippen LogP contribution < -0.4 is 10.1 Å². The second-order valence-corrected chi connectivity index (χ2v) is 4.64. The van der Waals surface area contributed by atoms with Crippen LogP contribution in [0.3, 0.4) is 0 Å². The summed E-state index contributed by atoms with van der Waals surface area (Å²) in [5.74, 6) is 0.872. The van der Waals surface area contributed by atoms with E-state index in [1.807, 2.05) is 43.3 Å². The van der Waals surface area contributed by atoms with E-state index in [1.165, 1.54) is 0 Å². The summed E-state index contributed by atoms with van der Waals surface area (Å²) in [6.07, 6.45) is 0. The van der Waals surface area contributed by atoms with Gasteiger partial charge in [-0.05, 0) is 25.1 Å². The molecule has 0 fully saturated rings. The summed E-state index contributed by atoms with van der Waals surface area (Å²) in [4.78, 5) is 0. The van der Waals surface area contributed by atoms with E-state index in [0.29, 0.717) is 25.5 Å². The fraction of sp³-hybridized carbons (Fsp3) is 0.294. The maximum Gasteiger partial charge on any atom is 0.124 e. The first kappa shape index (κ1) is 15.2. The van der Waals surface area contributed by atoms with Gasteiger partial charge in [-0.3, -0.25) is 0 Å². The average Bonchev–Trinajstić information content (AvgIpc) is 2.52. The van der Waals surface area contributed by atoms with Crippen LogP contribution in [0, 0.1) is 0 Å². The summed E-state index contributed by atoms with van der Waals surface area (Å²) in [6.45, 7) is 3.78. The van der Waals surface area contributed by atoms with Crippen molar-refractivity contribution in [1.82, 2.24) is 0 Å². The number of phenolic OH excluding ortho intramolecular Hbond substituents is 1. The molecule has 2 rings (SSSR count). The van der Waals surface area contributed by atoms with Crippen molar-refractivity contribution in [2.45, 2.75) is 20.1 Å². The molecule has 4 heteroatoms. The van der Waals surface area contributed by atoms with E-state index in [4.69, 9.17) is 9.47 Å². The highest BCUT2D eigenvalue weighted by atomic mass is 16.5. The van der Waals surface area contributed by atoms with E-state index in [0.717, 1.165) is 16.8 Å². The zero-order chi connectivity index (χ0) is 15.1. The van der Waals surface area contributed by atoms with Crippen LogP contribution in [0.1, 0.15) is 18.1 Å². The number of anilines is 1. The van der Waals surface area contributed by atoms with Crippen LogP contribution in [-0.2, 0) is 17.9 Å². The molecule has 2 N–H and O–H groups in total. The van der Waals surface area contributed by atoms with Gasteiger partial charge in [0.05, 0.1) is 13.7 Å². The van der Waals surface area contributed by atoms with Gasteiger partial charge in [0.1, 0.15) is 11.5 Å². The largest absolute Gasteiger partial charge is 0.507 e. The first-order chi connectivity index (χ1) is 10.2. The molecular weight excluding hydrogens is 266 g/mol. The number of aromatic hydroxyl groups is 1. The fourth-order valence-electron chi connectivity index (χ4n) is 2.04. The first-order valence-electron chi connectivity index (χ1n) is 7.00. The summed E-state index contributed by atoms with van der Waals surface area (Å²) in [7, 11) is 1.58. The molecule has 0 aliphatic heterocycles. The predicted octanol–water partition coefficient (Wildman–Crippen LogP) is 3.55. The van der Waals surface area contributed by atoms with E-state index in [-0.39, 0.29) is 5.75 Å². The van der Waals surface area contributed by atoms with E-state index in [9.17, 15) is 5.11 Å². The van der Waals surface area contributed by atoms with Crippen LogP contribution in [0.15, 0.2) is 42.5 Å². The van der Waals surface area contributed by atoms with Crippen LogP contribution in [0.5, 0.6) is 11.5 Å². The number of hydrogen-bond acceptors (Lipinski definition) is 4. The van der Waals surface area contributed by atoms with Gasteiger partial charge in [-0.15, -0.1) is 0 Å². The number of rotatable bonds is 7. The lowest BCUT2D eigenvalue weighted by molar-refractivity contribution is 0.134. The fourth-order valence-corrected chi connectivity index (χ4v) is 2.04. The number of phenols is 1. The summed E-state index contributed by atoms with van der Waals surface area (Å²) in [5, 5.41) is 13.3. The molecule has 0 saturated heterocycles. The summed E-state index contributed by atoms with van der Waals surface area (Å²) < 4.78 is 10.5. The summed E-state index contributed by atoms with van der Waals surface area (Å²) >= 11 is 0. The van der Waals surface area contributed by atoms with Gasteiger partial charge in [0.25, 0.3) is 0 Å². The second-order valence-electron chi connectivity index (χ2n) is 4.64. The Hall–Kier alpha value is -2.20. The van der Waals surface area contributed by atoms with Gasteiger partial charge in [-0.1, -0.05) is 18.2 Å². The molecule has 0 amide bonds. The van der Waals surface area contributed by atoms with Gasteiger partial charge in [-0.2, -0.15) is 0 Å². The minimum Gasteiger partial charge on any atom is -0.507 e. The Balaban J connectivity index is 2.06. The van der Waals surface area contributed by atoms with Crippen molar-refractivity contribution in [2.24, 2.45) is 0 Å². The number of para-hydroxylation sites is 1. The molecule has 0 spiro atoms. The lowest BCUT2D eigenvalue weighted by Gasteiger charge is -2.13. The molecule has 0 heterocycles. The zero-order valence-corrected chi connectivity index (χ0v) is 12.4. The van der Waals surface area contributed by atoms with Gasteiger partial charge in [0.15, 0.2) is 0 Å². The molecule has 0 saturated carbocycles. The third-order valence-electron chi connectivity index (χ3n) is 3.24. The molecule has 2 aromatic rings. The number of hydrogen-bond donors (Lipinski definition) is 2. The number of ether oxygens (including phenoxy) is 2. The highest BCUT2D eigenvalue weighted by Gasteiger charge is 2.05. The smallest absolute Gasteiger partial charge is 0.124 e. The molecule has 0 radical (unpaired) electrons. The number of benzene rings is 2. The molecule has 0 atom stereocenters. The van der Waals surface area contributed by atoms with Crippen LogP contribution in [-0.4, -0.2) is 18.8 Å². The monoisotopic (exact) mass is 287 g/mol. The van der Waals surface area contributed by atoms with Gasteiger partial charge >= 0.3 is 0 Å². The van der Waals surface area contributed by atoms with Gasteiger partial charge in [-0.25, -0.2) is 0 Å². The normalized spacial score (nSPS) is 10.4. The van der Waals surface area contributed by atoms with Crippen LogP contribution >= 0.6 is 0 Å². The number of nitrogens with one attached hydrogen (secondary N) is 1.